The van der Waals surface area contributed by atoms with Crippen LogP contribution in [0.25, 0.3) is 10.6 Å². The second kappa shape index (κ2) is 10.7. The van der Waals surface area contributed by atoms with Gasteiger partial charge in [-0.3, -0.25) is 9.59 Å². The number of hydrogen-bond donors (Lipinski definition) is 1. The molecule has 5 rings (SSSR count). The van der Waals surface area contributed by atoms with E-state index in [1.807, 2.05) is 90.0 Å². The van der Waals surface area contributed by atoms with Crippen molar-refractivity contribution in [2.45, 2.75) is 38.1 Å². The topological polar surface area (TPSA) is 62.3 Å². The van der Waals surface area contributed by atoms with Gasteiger partial charge in [-0.2, -0.15) is 0 Å². The van der Waals surface area contributed by atoms with Crippen molar-refractivity contribution < 1.29 is 9.59 Å². The molecular formula is C31H31N3O2S. The standard InChI is InChI=1S/C31H31N3O2S/c1-22-13-15-25(16-14-22)28-33-27(21-37-28)29(35)34-19-17-31(18-20-34,26-11-7-4-8-12-26)30(36)32-23(2)24-9-5-3-6-10-24/h3-16,21,23H,17-20H2,1-2H3,(H,32,36)/t23-/m0/s1. The van der Waals surface area contributed by atoms with Crippen molar-refractivity contribution in [1.29, 1.82) is 0 Å². The summed E-state index contributed by atoms with van der Waals surface area (Å²) >= 11 is 1.48. The Kier molecular flexibility index (Phi) is 7.19. The SMILES string of the molecule is Cc1ccc(-c2nc(C(=O)N3CCC(C(=O)N[C@@H](C)c4ccccc4)(c4ccccc4)CC3)cs2)cc1. The molecule has 37 heavy (non-hydrogen) atoms. The summed E-state index contributed by atoms with van der Waals surface area (Å²) in [6, 6.07) is 28.0. The number of carbonyl (C=O) groups excluding carboxylic acids is 2. The highest BCUT2D eigenvalue weighted by molar-refractivity contribution is 7.13. The van der Waals surface area contributed by atoms with Crippen LogP contribution in [-0.2, 0) is 10.2 Å². The predicted molar refractivity (Wildman–Crippen MR) is 149 cm³/mol. The van der Waals surface area contributed by atoms with E-state index in [9.17, 15) is 9.59 Å². The fourth-order valence-corrected chi connectivity index (χ4v) is 5.82. The first kappa shape index (κ1) is 24.9. The molecule has 6 heteroatoms. The summed E-state index contributed by atoms with van der Waals surface area (Å²) in [7, 11) is 0. The number of piperidine rings is 1. The predicted octanol–water partition coefficient (Wildman–Crippen LogP) is 6.17. The fourth-order valence-electron chi connectivity index (χ4n) is 5.02. The fraction of sp³-hybridized carbons (Fsp3) is 0.258. The smallest absolute Gasteiger partial charge is 0.273 e. The van der Waals surface area contributed by atoms with E-state index >= 15 is 0 Å². The molecule has 0 spiro atoms. The highest BCUT2D eigenvalue weighted by Gasteiger charge is 2.44. The Labute approximate surface area is 222 Å². The molecule has 1 atom stereocenters. The van der Waals surface area contributed by atoms with Gasteiger partial charge in [0.15, 0.2) is 0 Å². The highest BCUT2D eigenvalue weighted by Crippen LogP contribution is 2.37. The van der Waals surface area contributed by atoms with E-state index in [0.717, 1.165) is 21.7 Å². The van der Waals surface area contributed by atoms with Crippen LogP contribution in [0.2, 0.25) is 0 Å². The second-order valence-corrected chi connectivity index (χ2v) is 10.6. The largest absolute Gasteiger partial charge is 0.349 e. The molecule has 1 saturated heterocycles. The van der Waals surface area contributed by atoms with E-state index in [0.29, 0.717) is 31.6 Å². The zero-order valence-corrected chi connectivity index (χ0v) is 22.0. The van der Waals surface area contributed by atoms with Gasteiger partial charge >= 0.3 is 0 Å². The number of thiazole rings is 1. The van der Waals surface area contributed by atoms with Gasteiger partial charge in [0.05, 0.1) is 11.5 Å². The van der Waals surface area contributed by atoms with E-state index < -0.39 is 5.41 Å². The molecule has 3 aromatic carbocycles. The number of amides is 2. The van der Waals surface area contributed by atoms with Crippen molar-refractivity contribution in [3.05, 3.63) is 113 Å². The van der Waals surface area contributed by atoms with Gasteiger partial charge in [-0.05, 0) is 37.8 Å². The number of hydrogen-bond acceptors (Lipinski definition) is 4. The number of nitrogens with zero attached hydrogens (tertiary/aromatic N) is 2. The van der Waals surface area contributed by atoms with Crippen molar-refractivity contribution >= 4 is 23.2 Å². The van der Waals surface area contributed by atoms with Crippen LogP contribution in [0.1, 0.15) is 53.0 Å². The average Bonchev–Trinajstić information content (AvgIpc) is 3.44. The Morgan fingerprint density at radius 1 is 0.919 bits per heavy atom. The van der Waals surface area contributed by atoms with Crippen molar-refractivity contribution in [1.82, 2.24) is 15.2 Å². The molecule has 1 aromatic heterocycles. The number of aromatic nitrogens is 1. The minimum absolute atomic E-state index is 0.0115. The first-order valence-electron chi connectivity index (χ1n) is 12.7. The summed E-state index contributed by atoms with van der Waals surface area (Å²) in [5.74, 6) is -0.0631. The quantitative estimate of drug-likeness (QED) is 0.338. The zero-order valence-electron chi connectivity index (χ0n) is 21.2. The monoisotopic (exact) mass is 509 g/mol. The minimum atomic E-state index is -0.684. The summed E-state index contributed by atoms with van der Waals surface area (Å²) in [4.78, 5) is 33.6. The van der Waals surface area contributed by atoms with E-state index in [2.05, 4.69) is 29.4 Å². The number of rotatable bonds is 6. The maximum absolute atomic E-state index is 13.8. The summed E-state index contributed by atoms with van der Waals surface area (Å²) < 4.78 is 0. The molecule has 0 unspecified atom stereocenters. The molecule has 0 bridgehead atoms. The van der Waals surface area contributed by atoms with E-state index in [4.69, 9.17) is 0 Å². The Bertz CT molecular complexity index is 1360. The highest BCUT2D eigenvalue weighted by atomic mass is 32.1. The summed E-state index contributed by atoms with van der Waals surface area (Å²) in [5, 5.41) is 5.93. The van der Waals surface area contributed by atoms with Crippen molar-refractivity contribution in [3.63, 3.8) is 0 Å². The van der Waals surface area contributed by atoms with Crippen molar-refractivity contribution in [3.8, 4) is 10.6 Å². The van der Waals surface area contributed by atoms with Gasteiger partial charge in [0.25, 0.3) is 5.91 Å². The molecule has 2 heterocycles. The number of aryl methyl sites for hydroxylation is 1. The van der Waals surface area contributed by atoms with Gasteiger partial charge in [-0.15, -0.1) is 11.3 Å². The summed E-state index contributed by atoms with van der Waals surface area (Å²) in [6.07, 6.45) is 1.12. The lowest BCUT2D eigenvalue weighted by Gasteiger charge is -2.41. The Morgan fingerprint density at radius 3 is 2.19 bits per heavy atom. The molecular weight excluding hydrogens is 478 g/mol. The Morgan fingerprint density at radius 2 is 1.54 bits per heavy atom. The minimum Gasteiger partial charge on any atom is -0.349 e. The number of nitrogens with one attached hydrogen (secondary N) is 1. The molecule has 188 valence electrons. The second-order valence-electron chi connectivity index (χ2n) is 9.75. The van der Waals surface area contributed by atoms with E-state index in [1.54, 1.807) is 0 Å². The molecule has 0 saturated carbocycles. The maximum Gasteiger partial charge on any atom is 0.273 e. The van der Waals surface area contributed by atoms with Gasteiger partial charge in [0, 0.05) is 24.0 Å². The summed E-state index contributed by atoms with van der Waals surface area (Å²) in [6.45, 7) is 5.06. The third kappa shape index (κ3) is 5.20. The molecule has 2 amide bonds. The first-order valence-corrected chi connectivity index (χ1v) is 13.6. The van der Waals surface area contributed by atoms with Gasteiger partial charge in [-0.25, -0.2) is 4.98 Å². The molecule has 1 aliphatic heterocycles. The molecule has 1 N–H and O–H groups in total. The van der Waals surface area contributed by atoms with Crippen LogP contribution in [0.15, 0.2) is 90.3 Å². The number of likely N-dealkylation sites (tertiary alicyclic amines) is 1. The molecule has 0 radical (unpaired) electrons. The number of benzene rings is 3. The molecule has 1 aliphatic rings. The van der Waals surface area contributed by atoms with Gasteiger partial charge in [0.1, 0.15) is 10.7 Å². The lowest BCUT2D eigenvalue weighted by atomic mass is 9.71. The van der Waals surface area contributed by atoms with Crippen LogP contribution < -0.4 is 5.32 Å². The molecule has 5 nitrogen and oxygen atoms in total. The van der Waals surface area contributed by atoms with E-state index in [1.165, 1.54) is 16.9 Å². The molecule has 1 fully saturated rings. The van der Waals surface area contributed by atoms with Gasteiger partial charge in [0.2, 0.25) is 5.91 Å². The average molecular weight is 510 g/mol. The normalized spacial score (nSPS) is 15.7. The summed E-state index contributed by atoms with van der Waals surface area (Å²) in [5.41, 5.74) is 4.05. The van der Waals surface area contributed by atoms with Gasteiger partial charge in [-0.1, -0.05) is 90.5 Å². The maximum atomic E-state index is 13.8. The van der Waals surface area contributed by atoms with Crippen molar-refractivity contribution in [2.24, 2.45) is 0 Å². The van der Waals surface area contributed by atoms with Crippen LogP contribution in [0.3, 0.4) is 0 Å². The van der Waals surface area contributed by atoms with Crippen LogP contribution in [0.5, 0.6) is 0 Å². The van der Waals surface area contributed by atoms with Crippen molar-refractivity contribution in [2.75, 3.05) is 13.1 Å². The lowest BCUT2D eigenvalue weighted by Crippen LogP contribution is -2.53. The lowest BCUT2D eigenvalue weighted by molar-refractivity contribution is -0.129. The van der Waals surface area contributed by atoms with Gasteiger partial charge < -0.3 is 10.2 Å². The van der Waals surface area contributed by atoms with Crippen LogP contribution in [0, 0.1) is 6.92 Å². The molecule has 0 aliphatic carbocycles. The third-order valence-corrected chi connectivity index (χ3v) is 8.23. The number of carbonyl (C=O) groups is 2. The molecule has 4 aromatic rings. The van der Waals surface area contributed by atoms with Crippen LogP contribution >= 0.6 is 11.3 Å². The zero-order chi connectivity index (χ0) is 25.8. The third-order valence-electron chi connectivity index (χ3n) is 7.33. The van der Waals surface area contributed by atoms with Crippen LogP contribution in [0.4, 0.5) is 0 Å². The first-order chi connectivity index (χ1) is 18.0. The van der Waals surface area contributed by atoms with E-state index in [-0.39, 0.29) is 17.9 Å². The van der Waals surface area contributed by atoms with Crippen LogP contribution in [-0.4, -0.2) is 34.8 Å². The Balaban J connectivity index is 1.32. The Hall–Kier alpha value is -3.77.